The van der Waals surface area contributed by atoms with E-state index in [-0.39, 0.29) is 17.4 Å². The Labute approximate surface area is 146 Å². The molecular formula is C19H21N3O3. The molecule has 0 spiro atoms. The standard InChI is InChI=1S/C19H21N3O3/c1-25-16-4-2-14-10-15(19(24)21-17(14)11-16)3-5-18(23)22-8-6-13(12-20)7-9-22/h2,4,10-11,13H,3,5-9H2,1H3,(H,21,24). The number of rotatable bonds is 4. The third-order valence-electron chi connectivity index (χ3n) is 4.77. The maximum Gasteiger partial charge on any atom is 0.251 e. The molecule has 6 nitrogen and oxygen atoms in total. The number of aromatic nitrogens is 1. The first-order chi connectivity index (χ1) is 12.1. The van der Waals surface area contributed by atoms with E-state index in [1.165, 1.54) is 0 Å². The van der Waals surface area contributed by atoms with Gasteiger partial charge in [-0.05, 0) is 42.8 Å². The fraction of sp³-hybridized carbons (Fsp3) is 0.421. The monoisotopic (exact) mass is 339 g/mol. The van der Waals surface area contributed by atoms with E-state index in [4.69, 9.17) is 10.00 Å². The van der Waals surface area contributed by atoms with E-state index in [1.54, 1.807) is 18.1 Å². The molecule has 0 saturated carbocycles. The molecule has 6 heteroatoms. The van der Waals surface area contributed by atoms with Crippen molar-refractivity contribution in [3.05, 3.63) is 40.2 Å². The Morgan fingerprint density at radius 1 is 1.36 bits per heavy atom. The average molecular weight is 339 g/mol. The molecular weight excluding hydrogens is 318 g/mol. The van der Waals surface area contributed by atoms with E-state index in [0.717, 1.165) is 23.7 Å². The van der Waals surface area contributed by atoms with Gasteiger partial charge in [-0.15, -0.1) is 0 Å². The van der Waals surface area contributed by atoms with E-state index in [1.807, 2.05) is 18.2 Å². The summed E-state index contributed by atoms with van der Waals surface area (Å²) in [5, 5.41) is 9.83. The van der Waals surface area contributed by atoms with E-state index >= 15 is 0 Å². The molecule has 2 aromatic rings. The Morgan fingerprint density at radius 3 is 2.80 bits per heavy atom. The molecule has 0 aliphatic carbocycles. The van der Waals surface area contributed by atoms with Crippen LogP contribution in [0.1, 0.15) is 24.8 Å². The highest BCUT2D eigenvalue weighted by Crippen LogP contribution is 2.20. The van der Waals surface area contributed by atoms with Crippen LogP contribution in [0.2, 0.25) is 0 Å². The van der Waals surface area contributed by atoms with Crippen molar-refractivity contribution in [2.75, 3.05) is 20.2 Å². The summed E-state index contributed by atoms with van der Waals surface area (Å²) in [4.78, 5) is 29.2. The van der Waals surface area contributed by atoms with E-state index in [9.17, 15) is 9.59 Å². The van der Waals surface area contributed by atoms with E-state index < -0.39 is 0 Å². The molecule has 1 aromatic heterocycles. The first kappa shape index (κ1) is 17.0. The summed E-state index contributed by atoms with van der Waals surface area (Å²) in [6.45, 7) is 1.26. The smallest absolute Gasteiger partial charge is 0.251 e. The molecule has 1 aliphatic rings. The predicted molar refractivity (Wildman–Crippen MR) is 94.4 cm³/mol. The van der Waals surface area contributed by atoms with Gasteiger partial charge >= 0.3 is 0 Å². The number of hydrogen-bond donors (Lipinski definition) is 1. The molecule has 0 bridgehead atoms. The second kappa shape index (κ2) is 7.39. The quantitative estimate of drug-likeness (QED) is 0.925. The zero-order valence-corrected chi connectivity index (χ0v) is 14.2. The highest BCUT2D eigenvalue weighted by Gasteiger charge is 2.22. The first-order valence-electron chi connectivity index (χ1n) is 8.48. The predicted octanol–water partition coefficient (Wildman–Crippen LogP) is 2.23. The summed E-state index contributed by atoms with van der Waals surface area (Å²) < 4.78 is 5.16. The number of piperidine rings is 1. The molecule has 1 saturated heterocycles. The van der Waals surface area contributed by atoms with Gasteiger partial charge in [-0.1, -0.05) is 0 Å². The van der Waals surface area contributed by atoms with Crippen molar-refractivity contribution in [1.82, 2.24) is 9.88 Å². The molecule has 2 heterocycles. The van der Waals surface area contributed by atoms with Gasteiger partial charge < -0.3 is 14.6 Å². The minimum absolute atomic E-state index is 0.0469. The van der Waals surface area contributed by atoms with Crippen molar-refractivity contribution in [2.24, 2.45) is 5.92 Å². The number of benzene rings is 1. The Kier molecular flexibility index (Phi) is 5.03. The number of aromatic amines is 1. The zero-order chi connectivity index (χ0) is 17.8. The van der Waals surface area contributed by atoms with Crippen LogP contribution in [0.25, 0.3) is 10.9 Å². The third-order valence-corrected chi connectivity index (χ3v) is 4.77. The number of nitrogens with one attached hydrogen (secondary N) is 1. The second-order valence-electron chi connectivity index (χ2n) is 6.36. The van der Waals surface area contributed by atoms with Gasteiger partial charge in [0.05, 0.1) is 18.7 Å². The second-order valence-corrected chi connectivity index (χ2v) is 6.36. The van der Waals surface area contributed by atoms with E-state index in [0.29, 0.717) is 37.2 Å². The molecule has 1 fully saturated rings. The van der Waals surface area contributed by atoms with Gasteiger partial charge in [-0.3, -0.25) is 9.59 Å². The lowest BCUT2D eigenvalue weighted by atomic mass is 9.98. The molecule has 130 valence electrons. The van der Waals surface area contributed by atoms with Crippen LogP contribution in [-0.2, 0) is 11.2 Å². The molecule has 0 atom stereocenters. The molecule has 3 rings (SSSR count). The maximum atomic E-state index is 12.3. The minimum atomic E-state index is -0.170. The average Bonchev–Trinajstić information content (AvgIpc) is 2.65. The number of fused-ring (bicyclic) bond motifs is 1. The molecule has 0 unspecified atom stereocenters. The Hall–Kier alpha value is -2.81. The highest BCUT2D eigenvalue weighted by atomic mass is 16.5. The van der Waals surface area contributed by atoms with Crippen LogP contribution in [0, 0.1) is 17.2 Å². The van der Waals surface area contributed by atoms with Gasteiger partial charge in [0, 0.05) is 37.1 Å². The number of pyridine rings is 1. The lowest BCUT2D eigenvalue weighted by Crippen LogP contribution is -2.38. The lowest BCUT2D eigenvalue weighted by molar-refractivity contribution is -0.132. The normalized spacial score (nSPS) is 15.1. The summed E-state index contributed by atoms with van der Waals surface area (Å²) in [6, 6.07) is 9.61. The molecule has 1 N–H and O–H groups in total. The van der Waals surface area contributed by atoms with Crippen LogP contribution < -0.4 is 10.3 Å². The number of aryl methyl sites for hydroxylation is 1. The molecule has 0 radical (unpaired) electrons. The fourth-order valence-corrected chi connectivity index (χ4v) is 3.20. The summed E-state index contributed by atoms with van der Waals surface area (Å²) in [5.74, 6) is 0.793. The number of nitriles is 1. The number of methoxy groups -OCH3 is 1. The van der Waals surface area contributed by atoms with Crippen molar-refractivity contribution in [3.63, 3.8) is 0 Å². The van der Waals surface area contributed by atoms with Crippen LogP contribution in [0.15, 0.2) is 29.1 Å². The van der Waals surface area contributed by atoms with Crippen LogP contribution in [0.5, 0.6) is 5.75 Å². The number of amides is 1. The summed E-state index contributed by atoms with van der Waals surface area (Å²) in [7, 11) is 1.58. The number of nitrogens with zero attached hydrogens (tertiary/aromatic N) is 2. The number of hydrogen-bond acceptors (Lipinski definition) is 4. The fourth-order valence-electron chi connectivity index (χ4n) is 3.20. The maximum absolute atomic E-state index is 12.3. The van der Waals surface area contributed by atoms with Crippen molar-refractivity contribution in [2.45, 2.75) is 25.7 Å². The van der Waals surface area contributed by atoms with Crippen LogP contribution >= 0.6 is 0 Å². The number of carbonyl (C=O) groups excluding carboxylic acids is 1. The SMILES string of the molecule is COc1ccc2cc(CCC(=O)N3CCC(C#N)CC3)c(=O)[nH]c2c1. The van der Waals surface area contributed by atoms with Crippen molar-refractivity contribution in [1.29, 1.82) is 5.26 Å². The number of ether oxygens (including phenoxy) is 1. The van der Waals surface area contributed by atoms with Gasteiger partial charge in [0.15, 0.2) is 0 Å². The lowest BCUT2D eigenvalue weighted by Gasteiger charge is -2.29. The van der Waals surface area contributed by atoms with Gasteiger partial charge in [-0.25, -0.2) is 0 Å². The largest absolute Gasteiger partial charge is 0.497 e. The first-order valence-corrected chi connectivity index (χ1v) is 8.48. The van der Waals surface area contributed by atoms with Gasteiger partial charge in [0.2, 0.25) is 5.91 Å². The van der Waals surface area contributed by atoms with Gasteiger partial charge in [0.25, 0.3) is 5.56 Å². The topological polar surface area (TPSA) is 86.2 Å². The highest BCUT2D eigenvalue weighted by molar-refractivity contribution is 5.81. The van der Waals surface area contributed by atoms with Crippen molar-refractivity contribution < 1.29 is 9.53 Å². The number of H-pyrrole nitrogens is 1. The number of likely N-dealkylation sites (tertiary alicyclic amines) is 1. The summed E-state index contributed by atoms with van der Waals surface area (Å²) in [6.07, 6.45) is 2.19. The molecule has 1 amide bonds. The minimum Gasteiger partial charge on any atom is -0.497 e. The van der Waals surface area contributed by atoms with Gasteiger partial charge in [0.1, 0.15) is 5.75 Å². The van der Waals surface area contributed by atoms with Gasteiger partial charge in [-0.2, -0.15) is 5.26 Å². The van der Waals surface area contributed by atoms with Crippen LogP contribution in [-0.4, -0.2) is 36.0 Å². The third kappa shape index (κ3) is 3.82. The Morgan fingerprint density at radius 2 is 2.12 bits per heavy atom. The summed E-state index contributed by atoms with van der Waals surface area (Å²) >= 11 is 0. The van der Waals surface area contributed by atoms with E-state index in [2.05, 4.69) is 11.1 Å². The zero-order valence-electron chi connectivity index (χ0n) is 14.2. The van der Waals surface area contributed by atoms with Crippen LogP contribution in [0.3, 0.4) is 0 Å². The Bertz CT molecular complexity index is 874. The molecule has 25 heavy (non-hydrogen) atoms. The Balaban J connectivity index is 1.67. The van der Waals surface area contributed by atoms with Crippen molar-refractivity contribution >= 4 is 16.8 Å². The molecule has 1 aromatic carbocycles. The summed E-state index contributed by atoms with van der Waals surface area (Å²) in [5.41, 5.74) is 1.16. The molecule has 1 aliphatic heterocycles. The van der Waals surface area contributed by atoms with Crippen molar-refractivity contribution in [3.8, 4) is 11.8 Å². The van der Waals surface area contributed by atoms with Crippen LogP contribution in [0.4, 0.5) is 0 Å². The number of carbonyl (C=O) groups is 1.